The molecule has 0 spiro atoms. The van der Waals surface area contributed by atoms with Crippen molar-refractivity contribution in [1.29, 1.82) is 10.7 Å². The maximum absolute atomic E-state index is 10.1. The lowest BCUT2D eigenvalue weighted by atomic mass is 9.73. The van der Waals surface area contributed by atoms with Crippen LogP contribution in [0.15, 0.2) is 40.0 Å². The van der Waals surface area contributed by atoms with Gasteiger partial charge in [-0.25, -0.2) is 9.97 Å². The van der Waals surface area contributed by atoms with Gasteiger partial charge in [-0.3, -0.25) is 4.99 Å². The highest BCUT2D eigenvalue weighted by Gasteiger charge is 2.43. The van der Waals surface area contributed by atoms with Crippen LogP contribution in [-0.2, 0) is 5.41 Å². The second kappa shape index (κ2) is 13.2. The van der Waals surface area contributed by atoms with Gasteiger partial charge < -0.3 is 20.1 Å². The molecule has 1 saturated heterocycles. The van der Waals surface area contributed by atoms with Crippen molar-refractivity contribution in [2.75, 3.05) is 45.2 Å². The van der Waals surface area contributed by atoms with Crippen LogP contribution < -0.4 is 4.90 Å². The Hall–Kier alpha value is -2.86. The molecule has 42 heavy (non-hydrogen) atoms. The number of nitriles is 1. The van der Waals surface area contributed by atoms with E-state index in [9.17, 15) is 10.7 Å². The van der Waals surface area contributed by atoms with Gasteiger partial charge in [0.25, 0.3) is 0 Å². The first-order valence-corrected chi connectivity index (χ1v) is 16.2. The van der Waals surface area contributed by atoms with E-state index < -0.39 is 0 Å². The lowest BCUT2D eigenvalue weighted by Crippen LogP contribution is -2.33. The minimum atomic E-state index is -0.331. The summed E-state index contributed by atoms with van der Waals surface area (Å²) in [5.74, 6) is 0.503. The number of aromatic nitrogens is 2. The fraction of sp³-hybridized carbons (Fsp3) is 0.667. The molecule has 1 fully saturated rings. The highest BCUT2D eigenvalue weighted by atomic mass is 32.2. The van der Waals surface area contributed by atoms with E-state index in [2.05, 4.69) is 62.1 Å². The molecule has 0 aromatic carbocycles. The zero-order valence-corrected chi connectivity index (χ0v) is 27.6. The number of hydrogen-bond donors (Lipinski definition) is 1. The molecule has 1 aromatic heterocycles. The summed E-state index contributed by atoms with van der Waals surface area (Å²) in [6.07, 6.45) is 9.28. The molecule has 3 aliphatic rings. The number of anilines is 1. The molecule has 3 heterocycles. The molecule has 2 aliphatic heterocycles. The fourth-order valence-corrected chi connectivity index (χ4v) is 7.80. The first-order chi connectivity index (χ1) is 19.8. The van der Waals surface area contributed by atoms with Crippen LogP contribution in [0.2, 0.25) is 0 Å². The summed E-state index contributed by atoms with van der Waals surface area (Å²) in [4.78, 5) is 22.4. The lowest BCUT2D eigenvalue weighted by molar-refractivity contribution is 0.303. The van der Waals surface area contributed by atoms with Gasteiger partial charge in [0.2, 0.25) is 5.95 Å². The quantitative estimate of drug-likeness (QED) is 0.260. The maximum Gasteiger partial charge on any atom is 0.225 e. The molecule has 4 rings (SSSR count). The van der Waals surface area contributed by atoms with Crippen molar-refractivity contribution in [3.8, 4) is 6.07 Å². The molecule has 9 heteroatoms. The summed E-state index contributed by atoms with van der Waals surface area (Å²) >= 11 is 1.73. The number of aliphatic imine (C=N–C) groups is 1. The summed E-state index contributed by atoms with van der Waals surface area (Å²) in [5.41, 5.74) is 3.93. The third-order valence-corrected chi connectivity index (χ3v) is 9.77. The van der Waals surface area contributed by atoms with Gasteiger partial charge in [0.1, 0.15) is 11.3 Å². The van der Waals surface area contributed by atoms with Crippen LogP contribution in [0.4, 0.5) is 5.95 Å². The van der Waals surface area contributed by atoms with Crippen molar-refractivity contribution < 1.29 is 0 Å². The van der Waals surface area contributed by atoms with E-state index in [4.69, 9.17) is 9.98 Å². The van der Waals surface area contributed by atoms with E-state index >= 15 is 0 Å². The Balaban J connectivity index is 1.45. The summed E-state index contributed by atoms with van der Waals surface area (Å²) < 4.78 is 0. The average Bonchev–Trinajstić information content (AvgIpc) is 3.09. The topological polar surface area (TPSA) is 95.5 Å². The Bertz CT molecular complexity index is 1250. The maximum atomic E-state index is 10.1. The number of allylic oxidation sites excluding steroid dienone is 2. The van der Waals surface area contributed by atoms with Crippen molar-refractivity contribution in [2.24, 2.45) is 22.2 Å². The monoisotopic (exact) mass is 590 g/mol. The molecule has 0 saturated carbocycles. The van der Waals surface area contributed by atoms with Gasteiger partial charge in [-0.1, -0.05) is 41.2 Å². The minimum absolute atomic E-state index is 0.00354. The highest BCUT2D eigenvalue weighted by Crippen LogP contribution is 2.52. The smallest absolute Gasteiger partial charge is 0.225 e. The number of hydrogen-bond acceptors (Lipinski definition) is 8. The number of rotatable bonds is 9. The summed E-state index contributed by atoms with van der Waals surface area (Å²) in [5, 5.41) is 19.3. The lowest BCUT2D eigenvalue weighted by Gasteiger charge is -2.32. The van der Waals surface area contributed by atoms with Crippen LogP contribution in [0.1, 0.15) is 78.8 Å². The molecule has 8 nitrogen and oxygen atoms in total. The molecule has 1 aliphatic carbocycles. The number of thioether (sulfide) groups is 1. The zero-order chi connectivity index (χ0) is 30.7. The van der Waals surface area contributed by atoms with Gasteiger partial charge in [-0.05, 0) is 60.5 Å². The van der Waals surface area contributed by atoms with Crippen molar-refractivity contribution in [2.45, 2.75) is 83.9 Å². The van der Waals surface area contributed by atoms with Crippen molar-refractivity contribution in [1.82, 2.24) is 19.8 Å². The van der Waals surface area contributed by atoms with Crippen LogP contribution in [-0.4, -0.2) is 77.5 Å². The van der Waals surface area contributed by atoms with E-state index in [-0.39, 0.29) is 28.0 Å². The van der Waals surface area contributed by atoms with Crippen LogP contribution in [0, 0.1) is 34.0 Å². The van der Waals surface area contributed by atoms with Crippen LogP contribution in [0.5, 0.6) is 0 Å². The van der Waals surface area contributed by atoms with Crippen molar-refractivity contribution in [3.63, 3.8) is 0 Å². The molecular weight excluding hydrogens is 540 g/mol. The van der Waals surface area contributed by atoms with Gasteiger partial charge in [0, 0.05) is 69.2 Å². The summed E-state index contributed by atoms with van der Waals surface area (Å²) in [7, 11) is 3.90. The Kier molecular flexibility index (Phi) is 10.1. The SMILES string of the molecule is C=C(CC(C)(C)C)N1CCCN(c2nccc(C(C)(C)CC(=N)[C@H]3CCCC4=C3C(C#N)C(/N=C/N(C)C)S4)n2)CC1. The third-order valence-electron chi connectivity index (χ3n) is 8.41. The number of nitrogens with zero attached hydrogens (tertiary/aromatic N) is 7. The normalized spacial score (nSPS) is 23.5. The third kappa shape index (κ3) is 7.75. The standard InChI is InChI=1S/C33H50N8S/c1-23(19-32(2,3)4)40-15-10-16-41(18-17-40)31-36-14-13-28(38-31)33(5,6)20-26(35)24-11-9-12-27-29(24)25(21-34)30(42-27)37-22-39(7)8/h13-14,22,24-25,30,35H,1,9-12,15-20H2,2-8H3/b35-26?,37-22+/t24-,25?,30?/m1/s1. The Morgan fingerprint density at radius 3 is 2.64 bits per heavy atom. The summed E-state index contributed by atoms with van der Waals surface area (Å²) in [6, 6.07) is 4.55. The van der Waals surface area contributed by atoms with E-state index in [1.807, 2.05) is 31.3 Å². The molecule has 0 radical (unpaired) electrons. The molecular formula is C33H50N8S. The highest BCUT2D eigenvalue weighted by molar-refractivity contribution is 8.04. The first kappa shape index (κ1) is 32.1. The predicted octanol–water partition coefficient (Wildman–Crippen LogP) is 6.48. The minimum Gasteiger partial charge on any atom is -0.373 e. The predicted molar refractivity (Wildman–Crippen MR) is 176 cm³/mol. The first-order valence-electron chi connectivity index (χ1n) is 15.4. The van der Waals surface area contributed by atoms with Crippen LogP contribution in [0.25, 0.3) is 0 Å². The van der Waals surface area contributed by atoms with E-state index in [1.54, 1.807) is 18.1 Å². The van der Waals surface area contributed by atoms with E-state index in [0.29, 0.717) is 12.1 Å². The van der Waals surface area contributed by atoms with Crippen LogP contribution >= 0.6 is 11.8 Å². The van der Waals surface area contributed by atoms with E-state index in [0.717, 1.165) is 75.5 Å². The van der Waals surface area contributed by atoms with Gasteiger partial charge >= 0.3 is 0 Å². The van der Waals surface area contributed by atoms with Gasteiger partial charge in [0.15, 0.2) is 0 Å². The molecule has 1 aromatic rings. The molecule has 0 bridgehead atoms. The van der Waals surface area contributed by atoms with Gasteiger partial charge in [-0.2, -0.15) is 5.26 Å². The Morgan fingerprint density at radius 2 is 1.95 bits per heavy atom. The second-order valence-electron chi connectivity index (χ2n) is 14.1. The fourth-order valence-electron chi connectivity index (χ4n) is 6.38. The second-order valence-corrected chi connectivity index (χ2v) is 15.3. The molecule has 1 N–H and O–H groups in total. The average molecular weight is 591 g/mol. The van der Waals surface area contributed by atoms with Crippen LogP contribution in [0.3, 0.4) is 0 Å². The van der Waals surface area contributed by atoms with Gasteiger partial charge in [-0.15, -0.1) is 11.8 Å². The Morgan fingerprint density at radius 1 is 1.19 bits per heavy atom. The molecule has 0 amide bonds. The zero-order valence-electron chi connectivity index (χ0n) is 26.8. The summed E-state index contributed by atoms with van der Waals surface area (Å²) in [6.45, 7) is 19.3. The Labute approximate surface area is 257 Å². The van der Waals surface area contributed by atoms with Gasteiger partial charge in [0.05, 0.1) is 18.1 Å². The van der Waals surface area contributed by atoms with Crippen molar-refractivity contribution >= 4 is 29.8 Å². The largest absolute Gasteiger partial charge is 0.373 e. The molecule has 3 atom stereocenters. The van der Waals surface area contributed by atoms with E-state index in [1.165, 1.54) is 10.6 Å². The molecule has 228 valence electrons. The molecule has 2 unspecified atom stereocenters. The van der Waals surface area contributed by atoms with Crippen molar-refractivity contribution in [3.05, 3.63) is 40.7 Å². The number of nitrogens with one attached hydrogen (secondary N) is 1.